The molecule has 0 bridgehead atoms. The van der Waals surface area contributed by atoms with Gasteiger partial charge in [-0.2, -0.15) is 0 Å². The molecule has 1 aromatic rings. The molecule has 0 amide bonds. The fraction of sp³-hybridized carbons (Fsp3) is 0.364. The molecule has 0 aromatic heterocycles. The summed E-state index contributed by atoms with van der Waals surface area (Å²) in [7, 11) is -1.41. The van der Waals surface area contributed by atoms with E-state index in [1.807, 2.05) is 0 Å². The predicted octanol–water partition coefficient (Wildman–Crippen LogP) is 0.882. The van der Waals surface area contributed by atoms with Gasteiger partial charge in [-0.25, -0.2) is 8.42 Å². The van der Waals surface area contributed by atoms with Gasteiger partial charge in [-0.1, -0.05) is 12.1 Å². The van der Waals surface area contributed by atoms with Gasteiger partial charge in [0.2, 0.25) is 0 Å². The number of sulfone groups is 1. The molecule has 88 valence electrons. The van der Waals surface area contributed by atoms with Gasteiger partial charge in [0.15, 0.2) is 15.6 Å². The number of carbonyl (C=O) groups excluding carboxylic acids is 1. The summed E-state index contributed by atoms with van der Waals surface area (Å²) in [6, 6.07) is 6.02. The van der Waals surface area contributed by atoms with Crippen LogP contribution >= 0.6 is 0 Å². The van der Waals surface area contributed by atoms with E-state index in [-0.39, 0.29) is 10.7 Å². The van der Waals surface area contributed by atoms with Crippen molar-refractivity contribution in [2.45, 2.75) is 11.3 Å². The molecule has 0 aliphatic rings. The van der Waals surface area contributed by atoms with Gasteiger partial charge in [-0.3, -0.25) is 4.79 Å². The first-order valence-electron chi connectivity index (χ1n) is 4.93. The molecule has 0 saturated heterocycles. The minimum Gasteiger partial charge on any atom is -0.319 e. The zero-order valence-electron chi connectivity index (χ0n) is 9.36. The molecule has 0 spiro atoms. The topological polar surface area (TPSA) is 63.2 Å². The van der Waals surface area contributed by atoms with Crippen molar-refractivity contribution < 1.29 is 13.2 Å². The van der Waals surface area contributed by atoms with Crippen LogP contribution < -0.4 is 5.32 Å². The van der Waals surface area contributed by atoms with Gasteiger partial charge in [0.1, 0.15) is 0 Å². The van der Waals surface area contributed by atoms with Crippen LogP contribution in [0.4, 0.5) is 0 Å². The van der Waals surface area contributed by atoms with Gasteiger partial charge in [-0.05, 0) is 19.2 Å². The number of Topliss-reactive ketones (excluding diaryl/α,β-unsaturated/α-hetero) is 1. The molecule has 0 heterocycles. The average Bonchev–Trinajstić information content (AvgIpc) is 2.25. The highest BCUT2D eigenvalue weighted by Gasteiger charge is 2.09. The molecule has 5 heteroatoms. The van der Waals surface area contributed by atoms with E-state index in [0.29, 0.717) is 18.5 Å². The van der Waals surface area contributed by atoms with Crippen LogP contribution in [0.1, 0.15) is 16.8 Å². The molecule has 0 fully saturated rings. The number of hydrogen-bond donors (Lipinski definition) is 1. The number of hydrogen-bond acceptors (Lipinski definition) is 4. The average molecular weight is 241 g/mol. The zero-order chi connectivity index (χ0) is 12.2. The number of carbonyl (C=O) groups is 1. The van der Waals surface area contributed by atoms with Crippen molar-refractivity contribution in [2.24, 2.45) is 0 Å². The molecule has 0 saturated carbocycles. The maximum absolute atomic E-state index is 11.6. The second kappa shape index (κ2) is 5.23. The van der Waals surface area contributed by atoms with E-state index in [0.717, 1.165) is 6.26 Å². The minimum atomic E-state index is -3.19. The Hall–Kier alpha value is -1.20. The van der Waals surface area contributed by atoms with Crippen LogP contribution in [-0.4, -0.2) is 34.0 Å². The summed E-state index contributed by atoms with van der Waals surface area (Å²) in [5.41, 5.74) is 0.544. The first-order chi connectivity index (χ1) is 7.45. The molecular formula is C11H15NO3S. The van der Waals surface area contributed by atoms with Crippen LogP contribution in [0.2, 0.25) is 0 Å². The fourth-order valence-electron chi connectivity index (χ4n) is 1.27. The maximum Gasteiger partial charge on any atom is 0.175 e. The van der Waals surface area contributed by atoms with E-state index in [4.69, 9.17) is 0 Å². The maximum atomic E-state index is 11.6. The molecule has 1 N–H and O–H groups in total. The van der Waals surface area contributed by atoms with Crippen LogP contribution in [0.5, 0.6) is 0 Å². The Kier molecular flexibility index (Phi) is 4.20. The van der Waals surface area contributed by atoms with E-state index < -0.39 is 9.84 Å². The van der Waals surface area contributed by atoms with Crippen LogP contribution in [0.25, 0.3) is 0 Å². The highest BCUT2D eigenvalue weighted by atomic mass is 32.2. The number of rotatable bonds is 5. The summed E-state index contributed by atoms with van der Waals surface area (Å²) in [4.78, 5) is 11.8. The monoisotopic (exact) mass is 241 g/mol. The minimum absolute atomic E-state index is 0.00870. The largest absolute Gasteiger partial charge is 0.319 e. The van der Waals surface area contributed by atoms with Crippen LogP contribution in [0, 0.1) is 0 Å². The third-order valence-corrected chi connectivity index (χ3v) is 3.33. The first-order valence-corrected chi connectivity index (χ1v) is 6.82. The van der Waals surface area contributed by atoms with Crippen molar-refractivity contribution >= 4 is 15.6 Å². The molecule has 0 atom stereocenters. The zero-order valence-corrected chi connectivity index (χ0v) is 10.2. The van der Waals surface area contributed by atoms with Crippen molar-refractivity contribution in [3.05, 3.63) is 29.8 Å². The normalized spacial score (nSPS) is 11.4. The summed E-state index contributed by atoms with van der Waals surface area (Å²) >= 11 is 0. The molecule has 4 nitrogen and oxygen atoms in total. The third-order valence-electron chi connectivity index (χ3n) is 2.21. The van der Waals surface area contributed by atoms with Crippen molar-refractivity contribution in [3.8, 4) is 0 Å². The second-order valence-electron chi connectivity index (χ2n) is 3.57. The van der Waals surface area contributed by atoms with Gasteiger partial charge in [0.05, 0.1) is 4.90 Å². The number of ketones is 1. The quantitative estimate of drug-likeness (QED) is 0.777. The Morgan fingerprint density at radius 1 is 1.25 bits per heavy atom. The molecule has 1 rings (SSSR count). The Labute approximate surface area is 95.6 Å². The molecule has 1 aromatic carbocycles. The summed E-state index contributed by atoms with van der Waals surface area (Å²) < 4.78 is 22.4. The summed E-state index contributed by atoms with van der Waals surface area (Å²) in [6.45, 7) is 0.618. The Balaban J connectivity index is 2.83. The van der Waals surface area contributed by atoms with Crippen molar-refractivity contribution in [2.75, 3.05) is 19.8 Å². The van der Waals surface area contributed by atoms with Gasteiger partial charge < -0.3 is 5.32 Å². The highest BCUT2D eigenvalue weighted by Crippen LogP contribution is 2.11. The molecular weight excluding hydrogens is 226 g/mol. The lowest BCUT2D eigenvalue weighted by Gasteiger charge is -2.02. The smallest absolute Gasteiger partial charge is 0.175 e. The Morgan fingerprint density at radius 2 is 1.81 bits per heavy atom. The number of benzene rings is 1. The first kappa shape index (κ1) is 12.9. The van der Waals surface area contributed by atoms with Crippen LogP contribution in [0.15, 0.2) is 29.2 Å². The lowest BCUT2D eigenvalue weighted by atomic mass is 10.1. The summed E-state index contributed by atoms with van der Waals surface area (Å²) in [6.07, 6.45) is 1.56. The Morgan fingerprint density at radius 3 is 2.25 bits per heavy atom. The van der Waals surface area contributed by atoms with Crippen LogP contribution in [-0.2, 0) is 9.84 Å². The van der Waals surface area contributed by atoms with Crippen LogP contribution in [0.3, 0.4) is 0 Å². The molecule has 16 heavy (non-hydrogen) atoms. The second-order valence-corrected chi connectivity index (χ2v) is 5.59. The fourth-order valence-corrected chi connectivity index (χ4v) is 1.90. The summed E-state index contributed by atoms with van der Waals surface area (Å²) in [5.74, 6) is 0.00870. The lowest BCUT2D eigenvalue weighted by molar-refractivity contribution is 0.0983. The molecule has 0 aliphatic carbocycles. The van der Waals surface area contributed by atoms with E-state index >= 15 is 0 Å². The van der Waals surface area contributed by atoms with Crippen molar-refractivity contribution in [1.29, 1.82) is 0 Å². The van der Waals surface area contributed by atoms with Crippen molar-refractivity contribution in [3.63, 3.8) is 0 Å². The van der Waals surface area contributed by atoms with E-state index in [1.54, 1.807) is 19.2 Å². The molecule has 0 aliphatic heterocycles. The highest BCUT2D eigenvalue weighted by molar-refractivity contribution is 7.90. The van der Waals surface area contributed by atoms with Gasteiger partial charge in [0.25, 0.3) is 0 Å². The number of nitrogens with one attached hydrogen (secondary N) is 1. The van der Waals surface area contributed by atoms with E-state index in [9.17, 15) is 13.2 Å². The van der Waals surface area contributed by atoms with Gasteiger partial charge in [0, 0.05) is 24.8 Å². The van der Waals surface area contributed by atoms with Gasteiger partial charge in [-0.15, -0.1) is 0 Å². The SMILES string of the molecule is CNCCC(=O)c1ccc(S(C)(=O)=O)cc1. The predicted molar refractivity (Wildman–Crippen MR) is 62.4 cm³/mol. The molecule has 0 radical (unpaired) electrons. The Bertz CT molecular complexity index is 463. The lowest BCUT2D eigenvalue weighted by Crippen LogP contribution is -2.13. The van der Waals surface area contributed by atoms with Crippen molar-refractivity contribution in [1.82, 2.24) is 5.32 Å². The van der Waals surface area contributed by atoms with E-state index in [1.165, 1.54) is 12.1 Å². The summed E-state index contributed by atoms with van der Waals surface area (Å²) in [5, 5.41) is 2.89. The third kappa shape index (κ3) is 3.43. The van der Waals surface area contributed by atoms with E-state index in [2.05, 4.69) is 5.32 Å². The van der Waals surface area contributed by atoms with Gasteiger partial charge >= 0.3 is 0 Å². The standard InChI is InChI=1S/C11H15NO3S/c1-12-8-7-11(13)9-3-5-10(6-4-9)16(2,14)15/h3-6,12H,7-8H2,1-2H3. The molecule has 0 unspecified atom stereocenters.